The van der Waals surface area contributed by atoms with Gasteiger partial charge in [-0.3, -0.25) is 0 Å². The summed E-state index contributed by atoms with van der Waals surface area (Å²) in [5, 5.41) is 22.6. The zero-order valence-corrected chi connectivity index (χ0v) is 22.0. The average molecular weight is 443 g/mol. The first-order valence-electron chi connectivity index (χ1n) is 13.7. The molecule has 2 heteroatoms. The van der Waals surface area contributed by atoms with Crippen molar-refractivity contribution in [3.05, 3.63) is 12.2 Å². The van der Waals surface area contributed by atoms with Gasteiger partial charge in [0.25, 0.3) is 0 Å². The van der Waals surface area contributed by atoms with E-state index in [4.69, 9.17) is 0 Å². The van der Waals surface area contributed by atoms with Gasteiger partial charge in [-0.15, -0.1) is 0 Å². The van der Waals surface area contributed by atoms with Crippen LogP contribution in [0.15, 0.2) is 12.2 Å². The van der Waals surface area contributed by atoms with Gasteiger partial charge in [0, 0.05) is 0 Å². The smallest absolute Gasteiger partial charge is 0.0602 e. The number of hydrogen-bond donors (Lipinski definition) is 2. The Labute approximate surface area is 197 Å². The van der Waals surface area contributed by atoms with Crippen LogP contribution in [0.25, 0.3) is 0 Å². The Kier molecular flexibility index (Phi) is 5.02. The molecule has 0 saturated heterocycles. The summed E-state index contributed by atoms with van der Waals surface area (Å²) in [5.41, 5.74) is 2.18. The fraction of sp³-hybridized carbons (Fsp3) is 0.933. The largest absolute Gasteiger partial charge is 0.393 e. The Bertz CT molecular complexity index is 801. The van der Waals surface area contributed by atoms with Crippen LogP contribution >= 0.6 is 0 Å². The molecule has 2 N–H and O–H groups in total. The van der Waals surface area contributed by atoms with Crippen molar-refractivity contribution >= 4 is 0 Å². The van der Waals surface area contributed by atoms with E-state index in [0.717, 1.165) is 19.3 Å². The van der Waals surface area contributed by atoms with Crippen LogP contribution < -0.4 is 0 Å². The van der Waals surface area contributed by atoms with Crippen molar-refractivity contribution in [2.24, 2.45) is 56.7 Å². The predicted octanol–water partition coefficient (Wildman–Crippen LogP) is 7.00. The molecule has 5 rings (SSSR count). The molecule has 0 aromatic carbocycles. The molecule has 0 aromatic heterocycles. The van der Waals surface area contributed by atoms with Crippen molar-refractivity contribution in [3.63, 3.8) is 0 Å². The molecule has 0 aliphatic heterocycles. The monoisotopic (exact) mass is 442 g/mol. The third kappa shape index (κ3) is 2.61. The van der Waals surface area contributed by atoms with Gasteiger partial charge in [-0.25, -0.2) is 0 Å². The molecule has 11 unspecified atom stereocenters. The van der Waals surface area contributed by atoms with Crippen LogP contribution in [0.3, 0.4) is 0 Å². The summed E-state index contributed by atoms with van der Waals surface area (Å²) < 4.78 is 0. The van der Waals surface area contributed by atoms with Crippen LogP contribution in [0.1, 0.15) is 106 Å². The van der Waals surface area contributed by atoms with Gasteiger partial charge >= 0.3 is 0 Å². The first-order chi connectivity index (χ1) is 14.7. The van der Waals surface area contributed by atoms with E-state index in [1.54, 1.807) is 0 Å². The molecule has 2 nitrogen and oxygen atoms in total. The molecular weight excluding hydrogens is 392 g/mol. The van der Waals surface area contributed by atoms with E-state index < -0.39 is 0 Å². The van der Waals surface area contributed by atoms with Crippen LogP contribution in [-0.2, 0) is 0 Å². The summed E-state index contributed by atoms with van der Waals surface area (Å²) >= 11 is 0. The zero-order valence-electron chi connectivity index (χ0n) is 22.0. The van der Waals surface area contributed by atoms with E-state index in [0.29, 0.717) is 35.0 Å². The molecule has 0 amide bonds. The van der Waals surface area contributed by atoms with Gasteiger partial charge in [0.2, 0.25) is 0 Å². The quantitative estimate of drug-likeness (QED) is 0.429. The van der Waals surface area contributed by atoms with Crippen molar-refractivity contribution < 1.29 is 10.2 Å². The van der Waals surface area contributed by atoms with Crippen LogP contribution in [-0.4, -0.2) is 22.4 Å². The van der Waals surface area contributed by atoms with E-state index in [1.807, 2.05) is 0 Å². The van der Waals surface area contributed by atoms with Gasteiger partial charge in [0.05, 0.1) is 12.2 Å². The summed E-state index contributed by atoms with van der Waals surface area (Å²) in [4.78, 5) is 0. The summed E-state index contributed by atoms with van der Waals surface area (Å²) in [5.74, 6) is 3.16. The summed E-state index contributed by atoms with van der Waals surface area (Å²) in [6.45, 7) is 21.5. The van der Waals surface area contributed by atoms with E-state index in [1.165, 1.54) is 44.1 Å². The van der Waals surface area contributed by atoms with Gasteiger partial charge in [0.15, 0.2) is 0 Å². The standard InChI is InChI=1S/C30H50O2/c1-18(2)19-11-14-28(6)24(32)17-30(8)20(25(19)28)9-10-22-27(5)15-13-23(31)26(3,4)21(27)12-16-29(22,30)7/h19-25,31-32H,1,9-17H2,2-8H3. The Morgan fingerprint density at radius 2 is 1.38 bits per heavy atom. The highest BCUT2D eigenvalue weighted by Gasteiger charge is 2.71. The maximum absolute atomic E-state index is 11.7. The molecule has 0 heterocycles. The molecule has 5 aliphatic rings. The third-order valence-corrected chi connectivity index (χ3v) is 13.6. The van der Waals surface area contributed by atoms with Crippen LogP contribution in [0.5, 0.6) is 0 Å². The van der Waals surface area contributed by atoms with Gasteiger partial charge in [-0.05, 0) is 121 Å². The summed E-state index contributed by atoms with van der Waals surface area (Å²) in [6, 6.07) is 0. The van der Waals surface area contributed by atoms with Crippen LogP contribution in [0.2, 0.25) is 0 Å². The van der Waals surface area contributed by atoms with E-state index in [-0.39, 0.29) is 33.9 Å². The lowest BCUT2D eigenvalue weighted by atomic mass is 9.32. The molecule has 0 spiro atoms. The number of fused-ring (bicyclic) bond motifs is 7. The second kappa shape index (κ2) is 6.87. The van der Waals surface area contributed by atoms with Crippen LogP contribution in [0.4, 0.5) is 0 Å². The molecule has 32 heavy (non-hydrogen) atoms. The predicted molar refractivity (Wildman–Crippen MR) is 132 cm³/mol. The molecule has 5 saturated carbocycles. The molecule has 5 aliphatic carbocycles. The molecular formula is C30H50O2. The van der Waals surface area contributed by atoms with E-state index in [2.05, 4.69) is 55.0 Å². The lowest BCUT2D eigenvalue weighted by molar-refractivity contribution is -0.261. The van der Waals surface area contributed by atoms with Crippen molar-refractivity contribution in [1.82, 2.24) is 0 Å². The summed E-state index contributed by atoms with van der Waals surface area (Å²) in [6.07, 6.45) is 10.3. The molecule has 11 atom stereocenters. The Balaban J connectivity index is 1.57. The van der Waals surface area contributed by atoms with Crippen molar-refractivity contribution in [1.29, 1.82) is 0 Å². The maximum atomic E-state index is 11.7. The van der Waals surface area contributed by atoms with Gasteiger partial charge in [-0.2, -0.15) is 0 Å². The molecule has 5 fully saturated rings. The van der Waals surface area contributed by atoms with Crippen molar-refractivity contribution in [2.75, 3.05) is 0 Å². The maximum Gasteiger partial charge on any atom is 0.0602 e. The van der Waals surface area contributed by atoms with Crippen LogP contribution in [0, 0.1) is 56.7 Å². The summed E-state index contributed by atoms with van der Waals surface area (Å²) in [7, 11) is 0. The van der Waals surface area contributed by atoms with Crippen molar-refractivity contribution in [3.8, 4) is 0 Å². The SMILES string of the molecule is C=C(C)C1CCC2(C)C(O)CC3(C)C(CCC4C5(C)CCC(O)C(C)(C)C5CCC43C)C12. The lowest BCUT2D eigenvalue weighted by Crippen LogP contribution is -2.68. The highest BCUT2D eigenvalue weighted by atomic mass is 16.3. The highest BCUT2D eigenvalue weighted by Crippen LogP contribution is 2.77. The van der Waals surface area contributed by atoms with Gasteiger partial charge in [0.1, 0.15) is 0 Å². The minimum atomic E-state index is -0.191. The highest BCUT2D eigenvalue weighted by molar-refractivity contribution is 5.22. The first-order valence-corrected chi connectivity index (χ1v) is 13.7. The Morgan fingerprint density at radius 1 is 0.719 bits per heavy atom. The van der Waals surface area contributed by atoms with Crippen molar-refractivity contribution in [2.45, 2.75) is 118 Å². The zero-order chi connectivity index (χ0) is 23.5. The second-order valence-corrected chi connectivity index (χ2v) is 14.8. The molecule has 0 radical (unpaired) electrons. The Morgan fingerprint density at radius 3 is 2.03 bits per heavy atom. The number of aliphatic hydroxyl groups is 2. The molecule has 182 valence electrons. The molecule has 0 bridgehead atoms. The fourth-order valence-corrected chi connectivity index (χ4v) is 11.5. The second-order valence-electron chi connectivity index (χ2n) is 14.8. The average Bonchev–Trinajstić information content (AvgIpc) is 3.05. The number of aliphatic hydroxyl groups excluding tert-OH is 2. The normalized spacial score (nSPS) is 58.8. The van der Waals surface area contributed by atoms with E-state index >= 15 is 0 Å². The minimum Gasteiger partial charge on any atom is -0.393 e. The lowest BCUT2D eigenvalue weighted by Gasteiger charge is -2.73. The number of rotatable bonds is 1. The number of allylic oxidation sites excluding steroid dienone is 1. The number of hydrogen-bond acceptors (Lipinski definition) is 2. The molecule has 0 aromatic rings. The van der Waals surface area contributed by atoms with Gasteiger partial charge < -0.3 is 10.2 Å². The fourth-order valence-electron chi connectivity index (χ4n) is 11.5. The topological polar surface area (TPSA) is 40.5 Å². The first kappa shape index (κ1) is 23.4. The van der Waals surface area contributed by atoms with Gasteiger partial charge in [-0.1, -0.05) is 53.7 Å². The third-order valence-electron chi connectivity index (χ3n) is 13.6. The Hall–Kier alpha value is -0.340. The van der Waals surface area contributed by atoms with E-state index in [9.17, 15) is 10.2 Å². The minimum absolute atomic E-state index is 0.00718.